The van der Waals surface area contributed by atoms with Crippen LogP contribution in [-0.2, 0) is 0 Å². The van der Waals surface area contributed by atoms with Crippen LogP contribution in [0.2, 0.25) is 5.02 Å². The number of hydrogen-bond donors (Lipinski definition) is 2. The highest BCUT2D eigenvalue weighted by atomic mass is 35.5. The summed E-state index contributed by atoms with van der Waals surface area (Å²) in [6.45, 7) is 0. The predicted molar refractivity (Wildman–Crippen MR) is 73.8 cm³/mol. The third kappa shape index (κ3) is 3.26. The molecular weight excluding hydrogens is 284 g/mol. The minimum absolute atomic E-state index is 0.0543. The van der Waals surface area contributed by atoms with Crippen molar-refractivity contribution in [2.75, 3.05) is 0 Å². The SMILES string of the molecule is O=C(NC1CCCCC1O)c1cc([N+](=O)[O-])ccc1Cl. The van der Waals surface area contributed by atoms with Gasteiger partial charge in [-0.1, -0.05) is 24.4 Å². The lowest BCUT2D eigenvalue weighted by Gasteiger charge is -2.28. The molecule has 6 nitrogen and oxygen atoms in total. The lowest BCUT2D eigenvalue weighted by molar-refractivity contribution is -0.384. The molecule has 0 spiro atoms. The average molecular weight is 299 g/mol. The van der Waals surface area contributed by atoms with Gasteiger partial charge in [-0.05, 0) is 18.9 Å². The standard InChI is InChI=1S/C13H15ClN2O4/c14-10-6-5-8(16(19)20)7-9(10)13(18)15-11-3-1-2-4-12(11)17/h5-7,11-12,17H,1-4H2,(H,15,18). The Kier molecular flexibility index (Phi) is 4.57. The van der Waals surface area contributed by atoms with E-state index in [0.717, 1.165) is 18.9 Å². The van der Waals surface area contributed by atoms with Gasteiger partial charge >= 0.3 is 0 Å². The molecule has 2 atom stereocenters. The molecule has 7 heteroatoms. The van der Waals surface area contributed by atoms with Gasteiger partial charge in [0.15, 0.2) is 0 Å². The number of non-ortho nitro benzene ring substituents is 1. The number of aliphatic hydroxyl groups is 1. The molecular formula is C13H15ClN2O4. The topological polar surface area (TPSA) is 92.5 Å². The summed E-state index contributed by atoms with van der Waals surface area (Å²) >= 11 is 5.90. The summed E-state index contributed by atoms with van der Waals surface area (Å²) in [6, 6.07) is 3.39. The first-order chi connectivity index (χ1) is 9.49. The number of carbonyl (C=O) groups is 1. The second-order valence-corrected chi connectivity index (χ2v) is 5.26. The molecule has 2 unspecified atom stereocenters. The van der Waals surface area contributed by atoms with Crippen LogP contribution >= 0.6 is 11.6 Å². The number of nitro benzene ring substituents is 1. The second kappa shape index (κ2) is 6.19. The second-order valence-electron chi connectivity index (χ2n) is 4.85. The molecule has 1 amide bonds. The van der Waals surface area contributed by atoms with E-state index in [0.29, 0.717) is 12.8 Å². The van der Waals surface area contributed by atoms with E-state index < -0.39 is 16.9 Å². The highest BCUT2D eigenvalue weighted by Gasteiger charge is 2.26. The molecule has 2 N–H and O–H groups in total. The van der Waals surface area contributed by atoms with Gasteiger partial charge in [-0.25, -0.2) is 0 Å². The number of rotatable bonds is 3. The Hall–Kier alpha value is -1.66. The van der Waals surface area contributed by atoms with Crippen LogP contribution < -0.4 is 5.32 Å². The van der Waals surface area contributed by atoms with Gasteiger partial charge in [0.2, 0.25) is 0 Å². The Morgan fingerprint density at radius 3 is 2.75 bits per heavy atom. The van der Waals surface area contributed by atoms with Gasteiger partial charge in [0.1, 0.15) is 0 Å². The fourth-order valence-corrected chi connectivity index (χ4v) is 2.53. The van der Waals surface area contributed by atoms with E-state index in [1.807, 2.05) is 0 Å². The molecule has 0 radical (unpaired) electrons. The molecule has 1 aliphatic carbocycles. The Bertz CT molecular complexity index is 535. The van der Waals surface area contributed by atoms with Crippen molar-refractivity contribution in [2.45, 2.75) is 37.8 Å². The number of carbonyl (C=O) groups excluding carboxylic acids is 1. The summed E-state index contributed by atoms with van der Waals surface area (Å²) in [5.74, 6) is -0.496. The van der Waals surface area contributed by atoms with Crippen molar-refractivity contribution < 1.29 is 14.8 Å². The molecule has 1 saturated carbocycles. The molecule has 2 rings (SSSR count). The number of nitrogens with one attached hydrogen (secondary N) is 1. The van der Waals surface area contributed by atoms with Gasteiger partial charge < -0.3 is 10.4 Å². The van der Waals surface area contributed by atoms with Crippen molar-refractivity contribution in [1.82, 2.24) is 5.32 Å². The lowest BCUT2D eigenvalue weighted by Crippen LogP contribution is -2.45. The number of nitrogens with zero attached hydrogens (tertiary/aromatic N) is 1. The normalized spacial score (nSPS) is 22.3. The number of aliphatic hydroxyl groups excluding tert-OH is 1. The maximum Gasteiger partial charge on any atom is 0.270 e. The molecule has 1 fully saturated rings. The zero-order valence-corrected chi connectivity index (χ0v) is 11.5. The summed E-state index contributed by atoms with van der Waals surface area (Å²) in [4.78, 5) is 22.3. The molecule has 1 aliphatic rings. The van der Waals surface area contributed by atoms with Crippen LogP contribution in [0.5, 0.6) is 0 Å². The van der Waals surface area contributed by atoms with Crippen molar-refractivity contribution >= 4 is 23.2 Å². The van der Waals surface area contributed by atoms with E-state index in [1.165, 1.54) is 12.1 Å². The van der Waals surface area contributed by atoms with Crippen LogP contribution in [0.4, 0.5) is 5.69 Å². The van der Waals surface area contributed by atoms with Gasteiger partial charge in [-0.3, -0.25) is 14.9 Å². The van der Waals surface area contributed by atoms with Gasteiger partial charge in [-0.2, -0.15) is 0 Å². The first kappa shape index (κ1) is 14.7. The number of nitro groups is 1. The monoisotopic (exact) mass is 298 g/mol. The number of hydrogen-bond acceptors (Lipinski definition) is 4. The maximum absolute atomic E-state index is 12.1. The van der Waals surface area contributed by atoms with Crippen LogP contribution in [0.25, 0.3) is 0 Å². The summed E-state index contributed by atoms with van der Waals surface area (Å²) in [7, 11) is 0. The molecule has 0 heterocycles. The number of amides is 1. The van der Waals surface area contributed by atoms with Gasteiger partial charge in [-0.15, -0.1) is 0 Å². The predicted octanol–water partition coefficient (Wildman–Crippen LogP) is 2.28. The fourth-order valence-electron chi connectivity index (χ4n) is 2.33. The van der Waals surface area contributed by atoms with Crippen LogP contribution in [0.1, 0.15) is 36.0 Å². The first-order valence-electron chi connectivity index (χ1n) is 6.42. The van der Waals surface area contributed by atoms with E-state index in [2.05, 4.69) is 5.32 Å². The molecule has 1 aromatic carbocycles. The summed E-state index contributed by atoms with van der Waals surface area (Å²) in [5.41, 5.74) is -0.137. The lowest BCUT2D eigenvalue weighted by atomic mass is 9.92. The minimum Gasteiger partial charge on any atom is -0.391 e. The minimum atomic E-state index is -0.581. The molecule has 0 saturated heterocycles. The van der Waals surface area contributed by atoms with Crippen molar-refractivity contribution in [3.63, 3.8) is 0 Å². The largest absolute Gasteiger partial charge is 0.391 e. The van der Waals surface area contributed by atoms with Crippen molar-refractivity contribution in [3.05, 3.63) is 38.9 Å². The molecule has 20 heavy (non-hydrogen) atoms. The average Bonchev–Trinajstić information content (AvgIpc) is 2.41. The first-order valence-corrected chi connectivity index (χ1v) is 6.79. The van der Waals surface area contributed by atoms with E-state index in [-0.39, 0.29) is 22.3 Å². The van der Waals surface area contributed by atoms with Crippen LogP contribution in [-0.4, -0.2) is 28.1 Å². The highest BCUT2D eigenvalue weighted by molar-refractivity contribution is 6.33. The fraction of sp³-hybridized carbons (Fsp3) is 0.462. The van der Waals surface area contributed by atoms with Crippen LogP contribution in [0.15, 0.2) is 18.2 Å². The molecule has 0 aromatic heterocycles. The highest BCUT2D eigenvalue weighted by Crippen LogP contribution is 2.23. The van der Waals surface area contributed by atoms with Gasteiger partial charge in [0.05, 0.1) is 27.7 Å². The zero-order valence-electron chi connectivity index (χ0n) is 10.7. The van der Waals surface area contributed by atoms with Crippen molar-refractivity contribution in [3.8, 4) is 0 Å². The summed E-state index contributed by atoms with van der Waals surface area (Å²) in [6.07, 6.45) is 2.63. The number of halogens is 1. The Labute approximate surface area is 120 Å². The number of benzene rings is 1. The van der Waals surface area contributed by atoms with Crippen molar-refractivity contribution in [2.24, 2.45) is 0 Å². The van der Waals surface area contributed by atoms with Gasteiger partial charge in [0.25, 0.3) is 11.6 Å². The maximum atomic E-state index is 12.1. The van der Waals surface area contributed by atoms with Crippen LogP contribution in [0, 0.1) is 10.1 Å². The third-order valence-corrected chi connectivity index (χ3v) is 3.78. The quantitative estimate of drug-likeness (QED) is 0.661. The molecule has 0 bridgehead atoms. The Morgan fingerprint density at radius 1 is 1.40 bits per heavy atom. The van der Waals surface area contributed by atoms with Gasteiger partial charge in [0, 0.05) is 12.1 Å². The summed E-state index contributed by atoms with van der Waals surface area (Å²) < 4.78 is 0. The van der Waals surface area contributed by atoms with E-state index in [1.54, 1.807) is 0 Å². The Morgan fingerprint density at radius 2 is 2.10 bits per heavy atom. The van der Waals surface area contributed by atoms with E-state index >= 15 is 0 Å². The van der Waals surface area contributed by atoms with E-state index in [9.17, 15) is 20.0 Å². The molecule has 0 aliphatic heterocycles. The smallest absolute Gasteiger partial charge is 0.270 e. The Balaban J connectivity index is 2.16. The van der Waals surface area contributed by atoms with E-state index in [4.69, 9.17) is 11.6 Å². The van der Waals surface area contributed by atoms with Crippen molar-refractivity contribution in [1.29, 1.82) is 0 Å². The zero-order chi connectivity index (χ0) is 14.7. The van der Waals surface area contributed by atoms with Crippen LogP contribution in [0.3, 0.4) is 0 Å². The third-order valence-electron chi connectivity index (χ3n) is 3.45. The molecule has 1 aromatic rings. The molecule has 108 valence electrons. The summed E-state index contributed by atoms with van der Waals surface area (Å²) in [5, 5.41) is 23.4.